The molecule has 0 radical (unpaired) electrons. The van der Waals surface area contributed by atoms with E-state index in [2.05, 4.69) is 5.32 Å². The molecule has 9 heteroatoms. The molecule has 0 bridgehead atoms. The van der Waals surface area contributed by atoms with E-state index in [4.69, 9.17) is 12.2 Å². The van der Waals surface area contributed by atoms with Gasteiger partial charge in [-0.1, -0.05) is 6.07 Å². The molecule has 1 saturated heterocycles. The van der Waals surface area contributed by atoms with Crippen molar-refractivity contribution in [1.82, 2.24) is 4.90 Å². The number of thiocarbonyl (C=S) groups is 1. The maximum atomic E-state index is 13.4. The Balaban J connectivity index is 1.52. The second kappa shape index (κ2) is 10.3. The average molecular weight is 497 g/mol. The highest BCUT2D eigenvalue weighted by molar-refractivity contribution is 7.80. The fourth-order valence-electron chi connectivity index (χ4n) is 3.83. The Bertz CT molecular complexity index is 1160. The summed E-state index contributed by atoms with van der Waals surface area (Å²) in [5.74, 6) is -0.964. The summed E-state index contributed by atoms with van der Waals surface area (Å²) in [6.45, 7) is 0.498. The van der Waals surface area contributed by atoms with E-state index in [-0.39, 0.29) is 18.2 Å². The Morgan fingerprint density at radius 1 is 1.12 bits per heavy atom. The van der Waals surface area contributed by atoms with Crippen molar-refractivity contribution in [3.05, 3.63) is 76.7 Å². The van der Waals surface area contributed by atoms with Crippen molar-refractivity contribution in [2.24, 2.45) is 0 Å². The Labute approximate surface area is 207 Å². The van der Waals surface area contributed by atoms with Gasteiger partial charge in [0.2, 0.25) is 5.91 Å². The number of rotatable bonds is 8. The van der Waals surface area contributed by atoms with Crippen molar-refractivity contribution in [1.29, 1.82) is 0 Å². The first-order chi connectivity index (χ1) is 16.3. The van der Waals surface area contributed by atoms with Crippen LogP contribution in [0.5, 0.6) is 0 Å². The first-order valence-corrected chi connectivity index (χ1v) is 12.1. The molecule has 0 aliphatic carbocycles. The topological polar surface area (TPSA) is 55.9 Å². The molecule has 1 N–H and O–H groups in total. The molecule has 1 atom stereocenters. The molecule has 2 aromatic carbocycles. The zero-order valence-corrected chi connectivity index (χ0v) is 20.5. The van der Waals surface area contributed by atoms with Gasteiger partial charge in [-0.15, -0.1) is 11.3 Å². The third kappa shape index (κ3) is 5.26. The predicted molar refractivity (Wildman–Crippen MR) is 139 cm³/mol. The summed E-state index contributed by atoms with van der Waals surface area (Å²) in [4.78, 5) is 32.6. The van der Waals surface area contributed by atoms with Crippen LogP contribution in [0.15, 0.2) is 66.0 Å². The van der Waals surface area contributed by atoms with Crippen LogP contribution in [0.1, 0.15) is 11.3 Å². The normalized spacial score (nSPS) is 15.7. The molecule has 2 heterocycles. The number of halogens is 1. The summed E-state index contributed by atoms with van der Waals surface area (Å²) in [5.41, 5.74) is 2.16. The fraction of sp³-hybridized carbons (Fsp3) is 0.240. The second-order valence-electron chi connectivity index (χ2n) is 8.16. The van der Waals surface area contributed by atoms with Gasteiger partial charge in [0.15, 0.2) is 5.11 Å². The van der Waals surface area contributed by atoms with E-state index in [9.17, 15) is 14.0 Å². The van der Waals surface area contributed by atoms with Gasteiger partial charge < -0.3 is 15.1 Å². The van der Waals surface area contributed by atoms with Gasteiger partial charge in [-0.3, -0.25) is 14.5 Å². The number of hydrogen-bond acceptors (Lipinski definition) is 5. The molecule has 176 valence electrons. The van der Waals surface area contributed by atoms with Crippen molar-refractivity contribution in [3.63, 3.8) is 0 Å². The van der Waals surface area contributed by atoms with Crippen molar-refractivity contribution in [2.45, 2.75) is 18.9 Å². The van der Waals surface area contributed by atoms with E-state index < -0.39 is 11.9 Å². The largest absolute Gasteiger partial charge is 0.378 e. The smallest absolute Gasteiger partial charge is 0.256 e. The van der Waals surface area contributed by atoms with E-state index in [0.717, 1.165) is 5.69 Å². The van der Waals surface area contributed by atoms with Crippen LogP contribution in [-0.2, 0) is 16.0 Å². The van der Waals surface area contributed by atoms with Crippen LogP contribution in [0.4, 0.5) is 21.5 Å². The number of amides is 2. The van der Waals surface area contributed by atoms with Gasteiger partial charge in [-0.25, -0.2) is 4.39 Å². The first kappa shape index (κ1) is 23.8. The molecule has 6 nitrogen and oxygen atoms in total. The molecule has 0 spiro atoms. The summed E-state index contributed by atoms with van der Waals surface area (Å²) in [6.07, 6.45) is 0.656. The maximum Gasteiger partial charge on any atom is 0.256 e. The lowest BCUT2D eigenvalue weighted by atomic mass is 10.1. The van der Waals surface area contributed by atoms with Gasteiger partial charge in [0.1, 0.15) is 11.9 Å². The Kier molecular flexibility index (Phi) is 7.23. The summed E-state index contributed by atoms with van der Waals surface area (Å²) >= 11 is 7.29. The molecule has 1 aliphatic rings. The van der Waals surface area contributed by atoms with Crippen LogP contribution in [-0.4, -0.2) is 48.5 Å². The fourth-order valence-corrected chi connectivity index (χ4v) is 4.94. The SMILES string of the molecule is CN(C)c1ccc(NC(=O)CC2C(=O)N(c3ccc(F)cc3)C(=S)N2CCc2cccs2)cc1. The second-order valence-corrected chi connectivity index (χ2v) is 9.56. The third-order valence-corrected chi connectivity index (χ3v) is 6.98. The lowest BCUT2D eigenvalue weighted by molar-refractivity contribution is -0.124. The van der Waals surface area contributed by atoms with Crippen molar-refractivity contribution in [3.8, 4) is 0 Å². The van der Waals surface area contributed by atoms with Gasteiger partial charge in [0.05, 0.1) is 12.1 Å². The minimum absolute atomic E-state index is 0.0451. The summed E-state index contributed by atoms with van der Waals surface area (Å²) in [6, 6.07) is 16.4. The van der Waals surface area contributed by atoms with Crippen LogP contribution >= 0.6 is 23.6 Å². The van der Waals surface area contributed by atoms with E-state index in [1.54, 1.807) is 16.2 Å². The molecule has 0 saturated carbocycles. The molecule has 4 rings (SSSR count). The average Bonchev–Trinajstić information content (AvgIpc) is 3.40. The zero-order valence-electron chi connectivity index (χ0n) is 18.9. The quantitative estimate of drug-likeness (QED) is 0.465. The first-order valence-electron chi connectivity index (χ1n) is 10.8. The third-order valence-electron chi connectivity index (χ3n) is 5.63. The van der Waals surface area contributed by atoms with Gasteiger partial charge in [-0.05, 0) is 78.6 Å². The van der Waals surface area contributed by atoms with Crippen LogP contribution in [0.2, 0.25) is 0 Å². The number of nitrogens with zero attached hydrogens (tertiary/aromatic N) is 3. The minimum Gasteiger partial charge on any atom is -0.378 e. The highest BCUT2D eigenvalue weighted by Gasteiger charge is 2.43. The summed E-state index contributed by atoms with van der Waals surface area (Å²) < 4.78 is 13.4. The van der Waals surface area contributed by atoms with Crippen molar-refractivity contribution in [2.75, 3.05) is 35.8 Å². The summed E-state index contributed by atoms with van der Waals surface area (Å²) in [7, 11) is 3.89. The lowest BCUT2D eigenvalue weighted by Gasteiger charge is -2.23. The number of anilines is 3. The standard InChI is InChI=1S/C25H25FN4O2S2/c1-28(2)19-11-7-18(8-12-19)27-23(31)16-22-24(32)30(20-9-5-17(26)6-10-20)25(33)29(22)14-13-21-4-3-15-34-21/h3-12,15,22H,13-14,16H2,1-2H3,(H,27,31). The Hall–Kier alpha value is -3.30. The number of thiophene rings is 1. The zero-order chi connectivity index (χ0) is 24.2. The van der Waals surface area contributed by atoms with Crippen molar-refractivity contribution >= 4 is 57.5 Å². The van der Waals surface area contributed by atoms with Crippen molar-refractivity contribution < 1.29 is 14.0 Å². The van der Waals surface area contributed by atoms with Crippen LogP contribution in [0.25, 0.3) is 0 Å². The van der Waals surface area contributed by atoms with Crippen LogP contribution in [0, 0.1) is 5.82 Å². The molecule has 1 fully saturated rings. The molecule has 3 aromatic rings. The van der Waals surface area contributed by atoms with E-state index in [1.165, 1.54) is 34.0 Å². The summed E-state index contributed by atoms with van der Waals surface area (Å²) in [5, 5.41) is 5.20. The van der Waals surface area contributed by atoms with Crippen LogP contribution in [0.3, 0.4) is 0 Å². The maximum absolute atomic E-state index is 13.4. The molecular weight excluding hydrogens is 471 g/mol. The number of carbonyl (C=O) groups excluding carboxylic acids is 2. The molecule has 2 amide bonds. The van der Waals surface area contributed by atoms with E-state index >= 15 is 0 Å². The Morgan fingerprint density at radius 3 is 2.44 bits per heavy atom. The highest BCUT2D eigenvalue weighted by atomic mass is 32.1. The monoisotopic (exact) mass is 496 g/mol. The van der Waals surface area contributed by atoms with Gasteiger partial charge in [-0.2, -0.15) is 0 Å². The minimum atomic E-state index is -0.737. The van der Waals surface area contributed by atoms with Gasteiger partial charge >= 0.3 is 0 Å². The molecule has 1 aromatic heterocycles. The lowest BCUT2D eigenvalue weighted by Crippen LogP contribution is -2.39. The molecule has 1 unspecified atom stereocenters. The number of carbonyl (C=O) groups is 2. The molecular formula is C25H25FN4O2S2. The van der Waals surface area contributed by atoms with Gasteiger partial charge in [0, 0.05) is 36.9 Å². The van der Waals surface area contributed by atoms with E-state index in [1.807, 2.05) is 60.8 Å². The van der Waals surface area contributed by atoms with E-state index in [0.29, 0.717) is 29.5 Å². The highest BCUT2D eigenvalue weighted by Crippen LogP contribution is 2.28. The predicted octanol–water partition coefficient (Wildman–Crippen LogP) is 4.53. The Morgan fingerprint density at radius 2 is 1.82 bits per heavy atom. The van der Waals surface area contributed by atoms with Crippen LogP contribution < -0.4 is 15.1 Å². The molecule has 34 heavy (non-hydrogen) atoms. The van der Waals surface area contributed by atoms with Gasteiger partial charge in [0.25, 0.3) is 5.91 Å². The number of benzene rings is 2. The number of nitrogens with one attached hydrogen (secondary N) is 1. The number of hydrogen-bond donors (Lipinski definition) is 1. The molecule has 1 aliphatic heterocycles.